The molecule has 0 aliphatic heterocycles. The number of nitrogens with one attached hydrogen (secondary N) is 1. The molecule has 8 heteroatoms. The molecule has 0 spiro atoms. The van der Waals surface area contributed by atoms with E-state index in [0.29, 0.717) is 22.9 Å². The van der Waals surface area contributed by atoms with Gasteiger partial charge in [0.2, 0.25) is 0 Å². The second-order valence-corrected chi connectivity index (χ2v) is 6.05. The zero-order valence-electron chi connectivity index (χ0n) is 13.9. The number of hydrogen-bond acceptors (Lipinski definition) is 5. The Hall–Kier alpha value is -3.03. The highest BCUT2D eigenvalue weighted by atomic mass is 19.1. The summed E-state index contributed by atoms with van der Waals surface area (Å²) in [6.07, 6.45) is 3.22. The standard InChI is InChI=1S/C17H18FN5O2/c1-11(2)9-23-10-13(7-20-23)16(24)19-8-15-21-17(25-22-15)12-4-3-5-14(18)6-12/h3-7,10-11H,8-9H2,1-2H3,(H,19,24). The summed E-state index contributed by atoms with van der Waals surface area (Å²) in [4.78, 5) is 16.3. The average Bonchev–Trinajstić information content (AvgIpc) is 3.21. The van der Waals surface area contributed by atoms with Crippen molar-refractivity contribution in [1.29, 1.82) is 0 Å². The third-order valence-corrected chi connectivity index (χ3v) is 3.39. The largest absolute Gasteiger partial charge is 0.345 e. The van der Waals surface area contributed by atoms with Gasteiger partial charge in [-0.05, 0) is 24.1 Å². The number of aromatic nitrogens is 4. The van der Waals surface area contributed by atoms with E-state index in [4.69, 9.17) is 4.52 Å². The van der Waals surface area contributed by atoms with Crippen LogP contribution in [0.4, 0.5) is 4.39 Å². The molecule has 130 valence electrons. The summed E-state index contributed by atoms with van der Waals surface area (Å²) in [6.45, 7) is 5.00. The summed E-state index contributed by atoms with van der Waals surface area (Å²) in [6, 6.07) is 5.87. The molecule has 0 fully saturated rings. The van der Waals surface area contributed by atoms with Crippen LogP contribution in [-0.4, -0.2) is 25.8 Å². The van der Waals surface area contributed by atoms with E-state index in [1.54, 1.807) is 23.0 Å². The summed E-state index contributed by atoms with van der Waals surface area (Å²) < 4.78 is 20.1. The fourth-order valence-electron chi connectivity index (χ4n) is 2.28. The maximum Gasteiger partial charge on any atom is 0.258 e. The second kappa shape index (κ2) is 7.25. The summed E-state index contributed by atoms with van der Waals surface area (Å²) in [7, 11) is 0. The van der Waals surface area contributed by atoms with Gasteiger partial charge in [-0.2, -0.15) is 10.1 Å². The first kappa shape index (κ1) is 16.8. The molecule has 0 aliphatic carbocycles. The van der Waals surface area contributed by atoms with Crippen LogP contribution in [0.15, 0.2) is 41.2 Å². The van der Waals surface area contributed by atoms with Crippen LogP contribution in [0, 0.1) is 11.7 Å². The van der Waals surface area contributed by atoms with Gasteiger partial charge < -0.3 is 9.84 Å². The molecule has 0 unspecified atom stereocenters. The number of hydrogen-bond donors (Lipinski definition) is 1. The summed E-state index contributed by atoms with van der Waals surface area (Å²) in [5.74, 6) is 0.295. The van der Waals surface area contributed by atoms with E-state index in [9.17, 15) is 9.18 Å². The highest BCUT2D eigenvalue weighted by Crippen LogP contribution is 2.17. The van der Waals surface area contributed by atoms with E-state index in [1.807, 2.05) is 0 Å². The van der Waals surface area contributed by atoms with Crippen LogP contribution >= 0.6 is 0 Å². The van der Waals surface area contributed by atoms with Crippen molar-refractivity contribution in [2.45, 2.75) is 26.9 Å². The van der Waals surface area contributed by atoms with Gasteiger partial charge in [0.25, 0.3) is 11.8 Å². The lowest BCUT2D eigenvalue weighted by molar-refractivity contribution is 0.0949. The van der Waals surface area contributed by atoms with Crippen LogP contribution in [0.3, 0.4) is 0 Å². The molecule has 1 N–H and O–H groups in total. The van der Waals surface area contributed by atoms with Crippen molar-refractivity contribution in [3.05, 3.63) is 53.9 Å². The summed E-state index contributed by atoms with van der Waals surface area (Å²) in [5.41, 5.74) is 0.953. The van der Waals surface area contributed by atoms with Gasteiger partial charge in [-0.25, -0.2) is 4.39 Å². The van der Waals surface area contributed by atoms with Gasteiger partial charge in [0.05, 0.1) is 18.3 Å². The first-order chi connectivity index (χ1) is 12.0. The Morgan fingerprint density at radius 1 is 1.40 bits per heavy atom. The average molecular weight is 343 g/mol. The minimum absolute atomic E-state index is 0.104. The first-order valence-electron chi connectivity index (χ1n) is 7.90. The fourth-order valence-corrected chi connectivity index (χ4v) is 2.28. The number of benzene rings is 1. The Morgan fingerprint density at radius 2 is 2.24 bits per heavy atom. The van der Waals surface area contributed by atoms with Crippen molar-refractivity contribution in [2.75, 3.05) is 0 Å². The molecule has 0 atom stereocenters. The predicted octanol–water partition coefficient (Wildman–Crippen LogP) is 2.66. The molecule has 1 amide bonds. The number of halogens is 1. The summed E-state index contributed by atoms with van der Waals surface area (Å²) >= 11 is 0. The highest BCUT2D eigenvalue weighted by Gasteiger charge is 2.13. The van der Waals surface area contributed by atoms with Crippen LogP contribution < -0.4 is 5.32 Å². The smallest absolute Gasteiger partial charge is 0.258 e. The lowest BCUT2D eigenvalue weighted by Gasteiger charge is -2.03. The van der Waals surface area contributed by atoms with Crippen LogP contribution in [0.5, 0.6) is 0 Å². The Morgan fingerprint density at radius 3 is 3.00 bits per heavy atom. The van der Waals surface area contributed by atoms with Crippen LogP contribution in [-0.2, 0) is 13.1 Å². The first-order valence-corrected chi connectivity index (χ1v) is 7.90. The molecule has 2 heterocycles. The van der Waals surface area contributed by atoms with Crippen molar-refractivity contribution in [1.82, 2.24) is 25.2 Å². The van der Waals surface area contributed by atoms with Gasteiger partial charge in [-0.15, -0.1) is 0 Å². The van der Waals surface area contributed by atoms with Crippen molar-refractivity contribution in [3.8, 4) is 11.5 Å². The van der Waals surface area contributed by atoms with E-state index < -0.39 is 0 Å². The number of amides is 1. The maximum atomic E-state index is 13.2. The Labute approximate surface area is 143 Å². The molecule has 0 radical (unpaired) electrons. The quantitative estimate of drug-likeness (QED) is 0.744. The van der Waals surface area contributed by atoms with Gasteiger partial charge in [-0.1, -0.05) is 25.1 Å². The molecule has 0 saturated heterocycles. The van der Waals surface area contributed by atoms with E-state index >= 15 is 0 Å². The monoisotopic (exact) mass is 343 g/mol. The molecule has 1 aromatic carbocycles. The predicted molar refractivity (Wildman–Crippen MR) is 87.9 cm³/mol. The van der Waals surface area contributed by atoms with Crippen molar-refractivity contribution < 1.29 is 13.7 Å². The van der Waals surface area contributed by atoms with Gasteiger partial charge in [0.1, 0.15) is 5.82 Å². The van der Waals surface area contributed by atoms with Crippen LogP contribution in [0.1, 0.15) is 30.0 Å². The van der Waals surface area contributed by atoms with E-state index in [-0.39, 0.29) is 24.2 Å². The molecular formula is C17H18FN5O2. The van der Waals surface area contributed by atoms with E-state index in [1.165, 1.54) is 18.3 Å². The van der Waals surface area contributed by atoms with Crippen molar-refractivity contribution in [2.24, 2.45) is 5.92 Å². The molecule has 0 saturated carbocycles. The maximum absolute atomic E-state index is 13.2. The zero-order valence-corrected chi connectivity index (χ0v) is 13.9. The van der Waals surface area contributed by atoms with Gasteiger partial charge in [-0.3, -0.25) is 9.48 Å². The normalized spacial score (nSPS) is 11.0. The zero-order chi connectivity index (χ0) is 17.8. The number of carbonyl (C=O) groups is 1. The van der Waals surface area contributed by atoms with E-state index in [0.717, 1.165) is 6.54 Å². The molecule has 0 bridgehead atoms. The molecule has 7 nitrogen and oxygen atoms in total. The summed E-state index contributed by atoms with van der Waals surface area (Å²) in [5, 5.41) is 10.7. The lowest BCUT2D eigenvalue weighted by Crippen LogP contribution is -2.23. The molecular weight excluding hydrogens is 325 g/mol. The second-order valence-electron chi connectivity index (χ2n) is 6.05. The van der Waals surface area contributed by atoms with E-state index in [2.05, 4.69) is 34.4 Å². The third-order valence-electron chi connectivity index (χ3n) is 3.39. The highest BCUT2D eigenvalue weighted by molar-refractivity contribution is 5.93. The Bertz CT molecular complexity index is 871. The third kappa shape index (κ3) is 4.28. The molecule has 0 aliphatic rings. The molecule has 25 heavy (non-hydrogen) atoms. The topological polar surface area (TPSA) is 85.8 Å². The van der Waals surface area contributed by atoms with Crippen molar-refractivity contribution in [3.63, 3.8) is 0 Å². The number of nitrogens with zero attached hydrogens (tertiary/aromatic N) is 4. The number of carbonyl (C=O) groups excluding carboxylic acids is 1. The number of rotatable bonds is 6. The van der Waals surface area contributed by atoms with Gasteiger partial charge >= 0.3 is 0 Å². The SMILES string of the molecule is CC(C)Cn1cc(C(=O)NCc2noc(-c3cccc(F)c3)n2)cn1. The van der Waals surface area contributed by atoms with Gasteiger partial charge in [0.15, 0.2) is 5.82 Å². The van der Waals surface area contributed by atoms with Crippen LogP contribution in [0.2, 0.25) is 0 Å². The van der Waals surface area contributed by atoms with Crippen LogP contribution in [0.25, 0.3) is 11.5 Å². The minimum atomic E-state index is -0.385. The molecule has 3 rings (SSSR count). The fraction of sp³-hybridized carbons (Fsp3) is 0.294. The Kier molecular flexibility index (Phi) is 4.87. The molecule has 2 aromatic heterocycles. The lowest BCUT2D eigenvalue weighted by atomic mass is 10.2. The van der Waals surface area contributed by atoms with Gasteiger partial charge in [0, 0.05) is 18.3 Å². The molecule has 3 aromatic rings. The minimum Gasteiger partial charge on any atom is -0.345 e. The van der Waals surface area contributed by atoms with Crippen molar-refractivity contribution >= 4 is 5.91 Å². The Balaban J connectivity index is 1.60.